The average molecular weight is 438 g/mol. The summed E-state index contributed by atoms with van der Waals surface area (Å²) in [5.74, 6) is 1.72. The van der Waals surface area contributed by atoms with Crippen molar-refractivity contribution in [2.24, 2.45) is 22.7 Å². The highest BCUT2D eigenvalue weighted by atomic mass is 127. The number of nitrogens with zero attached hydrogens (tertiary/aromatic N) is 3. The lowest BCUT2D eigenvalue weighted by molar-refractivity contribution is -0.145. The predicted molar refractivity (Wildman–Crippen MR) is 103 cm³/mol. The highest BCUT2D eigenvalue weighted by Gasteiger charge is 2.37. The number of likely N-dealkylation sites (tertiary alicyclic amines) is 2. The number of hydrogen-bond donors (Lipinski definition) is 1. The summed E-state index contributed by atoms with van der Waals surface area (Å²) in [7, 11) is 5.46. The van der Waals surface area contributed by atoms with Crippen LogP contribution in [0.25, 0.3) is 0 Å². The molecule has 2 fully saturated rings. The molecule has 0 amide bonds. The normalized spacial score (nSPS) is 29.1. The lowest BCUT2D eigenvalue weighted by atomic mass is 9.98. The van der Waals surface area contributed by atoms with Gasteiger partial charge in [0.15, 0.2) is 5.96 Å². The second-order valence-corrected chi connectivity index (χ2v) is 6.71. The zero-order valence-electron chi connectivity index (χ0n) is 14.7. The van der Waals surface area contributed by atoms with Crippen LogP contribution in [0.15, 0.2) is 4.99 Å². The number of nitrogens with one attached hydrogen (secondary N) is 1. The van der Waals surface area contributed by atoms with Gasteiger partial charge >= 0.3 is 5.97 Å². The Morgan fingerprint density at radius 3 is 2.70 bits per heavy atom. The van der Waals surface area contributed by atoms with E-state index in [1.54, 1.807) is 0 Å². The van der Waals surface area contributed by atoms with Crippen LogP contribution >= 0.6 is 24.0 Å². The van der Waals surface area contributed by atoms with Gasteiger partial charge in [-0.05, 0) is 38.3 Å². The van der Waals surface area contributed by atoms with E-state index in [4.69, 9.17) is 4.74 Å². The summed E-state index contributed by atoms with van der Waals surface area (Å²) in [6.07, 6.45) is 2.54. The Hall–Kier alpha value is -0.570. The van der Waals surface area contributed by atoms with Gasteiger partial charge in [0, 0.05) is 33.2 Å². The van der Waals surface area contributed by atoms with Crippen molar-refractivity contribution in [3.8, 4) is 0 Å². The van der Waals surface area contributed by atoms with Gasteiger partial charge in [-0.3, -0.25) is 9.79 Å². The summed E-state index contributed by atoms with van der Waals surface area (Å²) >= 11 is 0. The molecule has 2 aliphatic rings. The highest BCUT2D eigenvalue weighted by Crippen LogP contribution is 2.24. The maximum Gasteiger partial charge on any atom is 0.310 e. The largest absolute Gasteiger partial charge is 0.469 e. The van der Waals surface area contributed by atoms with Gasteiger partial charge in [0.25, 0.3) is 0 Å². The van der Waals surface area contributed by atoms with Crippen molar-refractivity contribution < 1.29 is 9.53 Å². The van der Waals surface area contributed by atoms with Gasteiger partial charge in [-0.1, -0.05) is 6.92 Å². The molecule has 7 heteroatoms. The number of esters is 1. The van der Waals surface area contributed by atoms with Gasteiger partial charge in [-0.2, -0.15) is 0 Å². The molecule has 6 nitrogen and oxygen atoms in total. The zero-order chi connectivity index (χ0) is 16.1. The van der Waals surface area contributed by atoms with Crippen LogP contribution < -0.4 is 5.32 Å². The fourth-order valence-corrected chi connectivity index (χ4v) is 3.61. The molecule has 2 saturated heterocycles. The van der Waals surface area contributed by atoms with Crippen LogP contribution in [0.3, 0.4) is 0 Å². The van der Waals surface area contributed by atoms with Gasteiger partial charge in [-0.15, -0.1) is 24.0 Å². The number of piperidine rings is 1. The Balaban J connectivity index is 0.00000264. The molecule has 23 heavy (non-hydrogen) atoms. The highest BCUT2D eigenvalue weighted by molar-refractivity contribution is 14.0. The molecule has 1 N–H and O–H groups in total. The van der Waals surface area contributed by atoms with Gasteiger partial charge in [-0.25, -0.2) is 0 Å². The molecule has 3 unspecified atom stereocenters. The first-order valence-corrected chi connectivity index (χ1v) is 8.27. The minimum Gasteiger partial charge on any atom is -0.469 e. The van der Waals surface area contributed by atoms with E-state index < -0.39 is 0 Å². The summed E-state index contributed by atoms with van der Waals surface area (Å²) in [4.78, 5) is 20.8. The van der Waals surface area contributed by atoms with Crippen LogP contribution in [0, 0.1) is 17.8 Å². The van der Waals surface area contributed by atoms with E-state index in [1.165, 1.54) is 26.5 Å². The maximum absolute atomic E-state index is 11.8. The monoisotopic (exact) mass is 438 g/mol. The molecule has 134 valence electrons. The molecule has 2 aliphatic heterocycles. The van der Waals surface area contributed by atoms with Crippen molar-refractivity contribution in [2.45, 2.75) is 19.8 Å². The van der Waals surface area contributed by atoms with E-state index in [0.717, 1.165) is 25.6 Å². The molecule has 0 aliphatic carbocycles. The first kappa shape index (κ1) is 20.5. The maximum atomic E-state index is 11.8. The number of ether oxygens (including phenoxy) is 1. The van der Waals surface area contributed by atoms with Crippen molar-refractivity contribution in [1.82, 2.24) is 15.1 Å². The second kappa shape index (κ2) is 9.66. The third-order valence-corrected chi connectivity index (χ3v) is 4.90. The molecule has 0 radical (unpaired) electrons. The van der Waals surface area contributed by atoms with Gasteiger partial charge in [0.2, 0.25) is 0 Å². The van der Waals surface area contributed by atoms with Gasteiger partial charge in [0.05, 0.1) is 13.0 Å². The molecular formula is C16H31IN4O2. The van der Waals surface area contributed by atoms with Gasteiger partial charge < -0.3 is 19.9 Å². The molecular weight excluding hydrogens is 407 g/mol. The topological polar surface area (TPSA) is 57.2 Å². The third kappa shape index (κ3) is 5.48. The Bertz CT molecular complexity index is 419. The number of rotatable bonds is 3. The lowest BCUT2D eigenvalue weighted by Gasteiger charge is -2.31. The molecule has 0 saturated carbocycles. The Morgan fingerprint density at radius 1 is 1.35 bits per heavy atom. The standard InChI is InChI=1S/C16H30N4O2.HI/c1-12-9-20(11-14(12)15(21)22-4)16(17-2)18-8-13-6-5-7-19(3)10-13;/h12-14H,5-11H2,1-4H3,(H,17,18);1H. The van der Waals surface area contributed by atoms with E-state index in [1.807, 2.05) is 7.05 Å². The molecule has 0 aromatic rings. The summed E-state index contributed by atoms with van der Waals surface area (Å²) in [6, 6.07) is 0. The molecule has 0 bridgehead atoms. The van der Waals surface area contributed by atoms with E-state index in [0.29, 0.717) is 18.4 Å². The summed E-state index contributed by atoms with van der Waals surface area (Å²) in [5.41, 5.74) is 0. The number of methoxy groups -OCH3 is 1. The Kier molecular flexibility index (Phi) is 8.60. The zero-order valence-corrected chi connectivity index (χ0v) is 17.1. The summed E-state index contributed by atoms with van der Waals surface area (Å²) < 4.78 is 4.90. The number of halogens is 1. The second-order valence-electron chi connectivity index (χ2n) is 6.71. The Morgan fingerprint density at radius 2 is 2.09 bits per heavy atom. The molecule has 0 aromatic heterocycles. The Labute approximate surface area is 157 Å². The third-order valence-electron chi connectivity index (χ3n) is 4.90. The quantitative estimate of drug-likeness (QED) is 0.311. The molecule has 2 rings (SSSR count). The fraction of sp³-hybridized carbons (Fsp3) is 0.875. The van der Waals surface area contributed by atoms with Gasteiger partial charge in [0.1, 0.15) is 0 Å². The van der Waals surface area contributed by atoms with Crippen LogP contribution in [0.4, 0.5) is 0 Å². The average Bonchev–Trinajstić information content (AvgIpc) is 2.89. The molecule has 3 atom stereocenters. The van der Waals surface area contributed by atoms with Crippen LogP contribution in [-0.4, -0.2) is 75.7 Å². The van der Waals surface area contributed by atoms with Crippen molar-refractivity contribution in [3.63, 3.8) is 0 Å². The van der Waals surface area contributed by atoms with Crippen LogP contribution in [0.1, 0.15) is 19.8 Å². The smallest absolute Gasteiger partial charge is 0.310 e. The lowest BCUT2D eigenvalue weighted by Crippen LogP contribution is -2.45. The van der Waals surface area contributed by atoms with Crippen LogP contribution in [-0.2, 0) is 9.53 Å². The minimum atomic E-state index is -0.112. The van der Waals surface area contributed by atoms with Crippen molar-refractivity contribution in [1.29, 1.82) is 0 Å². The first-order valence-electron chi connectivity index (χ1n) is 8.27. The number of guanidine groups is 1. The van der Waals surface area contributed by atoms with E-state index in [9.17, 15) is 4.79 Å². The number of carbonyl (C=O) groups excluding carboxylic acids is 1. The number of carbonyl (C=O) groups is 1. The number of aliphatic imine (C=N–C) groups is 1. The SMILES string of the molecule is CN=C(NCC1CCCN(C)C1)N1CC(C)C(C(=O)OC)C1.I. The van der Waals surface area contributed by atoms with E-state index >= 15 is 0 Å². The van der Waals surface area contributed by atoms with E-state index in [2.05, 4.69) is 34.1 Å². The van der Waals surface area contributed by atoms with Crippen molar-refractivity contribution in [2.75, 3.05) is 53.9 Å². The van der Waals surface area contributed by atoms with Crippen LogP contribution in [0.2, 0.25) is 0 Å². The minimum absolute atomic E-state index is 0. The van der Waals surface area contributed by atoms with E-state index in [-0.39, 0.29) is 35.9 Å². The number of hydrogen-bond acceptors (Lipinski definition) is 4. The molecule has 0 spiro atoms. The van der Waals surface area contributed by atoms with Crippen LogP contribution in [0.5, 0.6) is 0 Å². The molecule has 0 aromatic carbocycles. The summed E-state index contributed by atoms with van der Waals surface area (Å²) in [5, 5.41) is 3.50. The first-order chi connectivity index (χ1) is 10.5. The predicted octanol–water partition coefficient (Wildman–Crippen LogP) is 1.26. The summed E-state index contributed by atoms with van der Waals surface area (Å²) in [6.45, 7) is 6.94. The van der Waals surface area contributed by atoms with Crippen molar-refractivity contribution in [3.05, 3.63) is 0 Å². The molecule has 2 heterocycles. The van der Waals surface area contributed by atoms with Crippen molar-refractivity contribution >= 4 is 35.9 Å². The fourth-order valence-electron chi connectivity index (χ4n) is 3.61.